The van der Waals surface area contributed by atoms with Crippen molar-refractivity contribution in [3.8, 4) is 11.5 Å². The van der Waals surface area contributed by atoms with Crippen LogP contribution >= 0.6 is 0 Å². The normalized spacial score (nSPS) is 15.1. The molecule has 7 nitrogen and oxygen atoms in total. The van der Waals surface area contributed by atoms with E-state index in [1.165, 1.54) is 5.56 Å². The number of amides is 1. The SMILES string of the molecule is COc1ccc(C2(CNC(=O)c3ccccc3OCc3c(C)noc3C)CCOCC2)cc1. The number of methoxy groups -OCH3 is 1. The zero-order chi connectivity index (χ0) is 23.3. The number of carbonyl (C=O) groups is 1. The zero-order valence-corrected chi connectivity index (χ0v) is 19.3. The number of benzene rings is 2. The van der Waals surface area contributed by atoms with Crippen molar-refractivity contribution in [3.63, 3.8) is 0 Å². The van der Waals surface area contributed by atoms with Crippen LogP contribution in [0, 0.1) is 13.8 Å². The van der Waals surface area contributed by atoms with Crippen molar-refractivity contribution in [2.45, 2.75) is 38.7 Å². The molecule has 174 valence electrons. The van der Waals surface area contributed by atoms with E-state index in [1.54, 1.807) is 19.2 Å². The van der Waals surface area contributed by atoms with Gasteiger partial charge in [0.05, 0.1) is 23.9 Å². The maximum absolute atomic E-state index is 13.2. The van der Waals surface area contributed by atoms with Gasteiger partial charge in [0.15, 0.2) is 0 Å². The molecule has 1 N–H and O–H groups in total. The Hall–Kier alpha value is -3.32. The summed E-state index contributed by atoms with van der Waals surface area (Å²) < 4.78 is 22.1. The highest BCUT2D eigenvalue weighted by Crippen LogP contribution is 2.35. The summed E-state index contributed by atoms with van der Waals surface area (Å²) >= 11 is 0. The Bertz CT molecular complexity index is 1060. The number of nitrogens with zero attached hydrogens (tertiary/aromatic N) is 1. The molecule has 2 aromatic carbocycles. The molecule has 3 aromatic rings. The Morgan fingerprint density at radius 2 is 1.82 bits per heavy atom. The molecule has 1 saturated heterocycles. The van der Waals surface area contributed by atoms with E-state index in [1.807, 2.05) is 38.1 Å². The summed E-state index contributed by atoms with van der Waals surface area (Å²) in [4.78, 5) is 13.2. The first-order chi connectivity index (χ1) is 16.0. The van der Waals surface area contributed by atoms with E-state index in [0.717, 1.165) is 35.6 Å². The summed E-state index contributed by atoms with van der Waals surface area (Å²) in [5, 5.41) is 7.12. The highest BCUT2D eigenvalue weighted by atomic mass is 16.5. The third-order valence-electron chi connectivity index (χ3n) is 6.42. The first-order valence-electron chi connectivity index (χ1n) is 11.2. The molecule has 1 aliphatic heterocycles. The number of hydrogen-bond donors (Lipinski definition) is 1. The van der Waals surface area contributed by atoms with Gasteiger partial charge in [-0.1, -0.05) is 29.4 Å². The van der Waals surface area contributed by atoms with Gasteiger partial charge in [-0.05, 0) is 56.5 Å². The van der Waals surface area contributed by atoms with Crippen molar-refractivity contribution < 1.29 is 23.5 Å². The summed E-state index contributed by atoms with van der Waals surface area (Å²) in [6.45, 7) is 5.86. The largest absolute Gasteiger partial charge is 0.497 e. The number of para-hydroxylation sites is 1. The van der Waals surface area contributed by atoms with Gasteiger partial charge in [-0.3, -0.25) is 4.79 Å². The summed E-state index contributed by atoms with van der Waals surface area (Å²) in [5.74, 6) is 1.90. The lowest BCUT2D eigenvalue weighted by molar-refractivity contribution is 0.0486. The summed E-state index contributed by atoms with van der Waals surface area (Å²) in [7, 11) is 1.66. The number of aromatic nitrogens is 1. The van der Waals surface area contributed by atoms with Crippen molar-refractivity contribution >= 4 is 5.91 Å². The van der Waals surface area contributed by atoms with Crippen LogP contribution in [0.3, 0.4) is 0 Å². The van der Waals surface area contributed by atoms with Crippen LogP contribution in [0.2, 0.25) is 0 Å². The lowest BCUT2D eigenvalue weighted by Crippen LogP contribution is -2.44. The Labute approximate surface area is 194 Å². The van der Waals surface area contributed by atoms with Crippen LogP contribution in [0.25, 0.3) is 0 Å². The fourth-order valence-corrected chi connectivity index (χ4v) is 4.26. The van der Waals surface area contributed by atoms with E-state index in [-0.39, 0.29) is 11.3 Å². The van der Waals surface area contributed by atoms with Gasteiger partial charge in [0.25, 0.3) is 5.91 Å². The standard InChI is InChI=1S/C26H30N2O5/c1-18-23(19(2)33-28-18)16-32-24-7-5-4-6-22(24)25(29)27-17-26(12-14-31-15-13-26)20-8-10-21(30-3)11-9-20/h4-11H,12-17H2,1-3H3,(H,27,29). The second-order valence-electron chi connectivity index (χ2n) is 8.39. The molecule has 0 bridgehead atoms. The molecule has 0 saturated carbocycles. The number of aryl methyl sites for hydroxylation is 2. The van der Waals surface area contributed by atoms with E-state index in [4.69, 9.17) is 18.7 Å². The van der Waals surface area contributed by atoms with Crippen molar-refractivity contribution in [3.05, 3.63) is 76.7 Å². The Morgan fingerprint density at radius 3 is 2.48 bits per heavy atom. The molecule has 33 heavy (non-hydrogen) atoms. The fourth-order valence-electron chi connectivity index (χ4n) is 4.26. The molecule has 0 radical (unpaired) electrons. The minimum absolute atomic E-state index is 0.163. The molecule has 0 aliphatic carbocycles. The van der Waals surface area contributed by atoms with Crippen molar-refractivity contribution in [1.29, 1.82) is 0 Å². The van der Waals surface area contributed by atoms with E-state index in [0.29, 0.717) is 37.7 Å². The van der Waals surface area contributed by atoms with E-state index < -0.39 is 0 Å². The average molecular weight is 451 g/mol. The van der Waals surface area contributed by atoms with Crippen molar-refractivity contribution in [2.75, 3.05) is 26.9 Å². The van der Waals surface area contributed by atoms with E-state index in [2.05, 4.69) is 22.6 Å². The van der Waals surface area contributed by atoms with Crippen LogP contribution in [0.15, 0.2) is 53.1 Å². The maximum atomic E-state index is 13.2. The molecular formula is C26H30N2O5. The van der Waals surface area contributed by atoms with Crippen LogP contribution in [-0.4, -0.2) is 37.9 Å². The molecule has 7 heteroatoms. The van der Waals surface area contributed by atoms with Gasteiger partial charge in [0, 0.05) is 25.2 Å². The number of hydrogen-bond acceptors (Lipinski definition) is 6. The molecule has 0 unspecified atom stereocenters. The summed E-state index contributed by atoms with van der Waals surface area (Å²) in [6.07, 6.45) is 1.67. The Kier molecular flexibility index (Phi) is 6.99. The third kappa shape index (κ3) is 5.03. The number of nitrogens with one attached hydrogen (secondary N) is 1. The monoisotopic (exact) mass is 450 g/mol. The molecule has 1 aromatic heterocycles. The van der Waals surface area contributed by atoms with Gasteiger partial charge >= 0.3 is 0 Å². The zero-order valence-electron chi connectivity index (χ0n) is 19.3. The molecule has 1 aliphatic rings. The van der Waals surface area contributed by atoms with E-state index >= 15 is 0 Å². The lowest BCUT2D eigenvalue weighted by Gasteiger charge is -2.38. The van der Waals surface area contributed by atoms with Gasteiger partial charge in [0.1, 0.15) is 23.9 Å². The first kappa shape index (κ1) is 22.9. The second kappa shape index (κ2) is 10.1. The Balaban J connectivity index is 1.49. The number of carbonyl (C=O) groups excluding carboxylic acids is 1. The summed E-state index contributed by atoms with van der Waals surface area (Å²) in [6, 6.07) is 15.4. The van der Waals surface area contributed by atoms with Gasteiger partial charge in [-0.2, -0.15) is 0 Å². The predicted molar refractivity (Wildman–Crippen MR) is 124 cm³/mol. The predicted octanol–water partition coefficient (Wildman–Crippen LogP) is 4.36. The molecular weight excluding hydrogens is 420 g/mol. The minimum Gasteiger partial charge on any atom is -0.497 e. The molecule has 2 heterocycles. The minimum atomic E-state index is -0.188. The summed E-state index contributed by atoms with van der Waals surface area (Å²) in [5.41, 5.74) is 3.17. The smallest absolute Gasteiger partial charge is 0.255 e. The highest BCUT2D eigenvalue weighted by Gasteiger charge is 2.35. The van der Waals surface area contributed by atoms with Crippen LogP contribution in [0.5, 0.6) is 11.5 Å². The van der Waals surface area contributed by atoms with Gasteiger partial charge in [0.2, 0.25) is 0 Å². The van der Waals surface area contributed by atoms with Crippen molar-refractivity contribution in [2.24, 2.45) is 0 Å². The highest BCUT2D eigenvalue weighted by molar-refractivity contribution is 5.97. The molecule has 1 fully saturated rings. The molecule has 4 rings (SSSR count). The number of rotatable bonds is 8. The lowest BCUT2D eigenvalue weighted by atomic mass is 9.74. The van der Waals surface area contributed by atoms with Gasteiger partial charge < -0.3 is 24.1 Å². The van der Waals surface area contributed by atoms with Crippen LogP contribution < -0.4 is 14.8 Å². The van der Waals surface area contributed by atoms with Crippen LogP contribution in [0.1, 0.15) is 45.8 Å². The van der Waals surface area contributed by atoms with Crippen LogP contribution in [-0.2, 0) is 16.8 Å². The fraction of sp³-hybridized carbons (Fsp3) is 0.385. The molecule has 0 atom stereocenters. The van der Waals surface area contributed by atoms with E-state index in [9.17, 15) is 4.79 Å². The molecule has 0 spiro atoms. The topological polar surface area (TPSA) is 82.8 Å². The molecule has 1 amide bonds. The van der Waals surface area contributed by atoms with Gasteiger partial charge in [-0.25, -0.2) is 0 Å². The van der Waals surface area contributed by atoms with Gasteiger partial charge in [-0.15, -0.1) is 0 Å². The van der Waals surface area contributed by atoms with Crippen molar-refractivity contribution in [1.82, 2.24) is 10.5 Å². The number of ether oxygens (including phenoxy) is 3. The Morgan fingerprint density at radius 1 is 1.09 bits per heavy atom. The average Bonchev–Trinajstić information content (AvgIpc) is 3.19. The third-order valence-corrected chi connectivity index (χ3v) is 6.42. The second-order valence-corrected chi connectivity index (χ2v) is 8.39. The first-order valence-corrected chi connectivity index (χ1v) is 11.2. The quantitative estimate of drug-likeness (QED) is 0.549. The van der Waals surface area contributed by atoms with Crippen LogP contribution in [0.4, 0.5) is 0 Å². The maximum Gasteiger partial charge on any atom is 0.255 e.